The maximum atomic E-state index is 14.1. The van der Waals surface area contributed by atoms with E-state index in [1.54, 1.807) is 24.3 Å². The van der Waals surface area contributed by atoms with Crippen molar-refractivity contribution in [1.29, 1.82) is 0 Å². The number of H-pyrrole nitrogens is 1. The van der Waals surface area contributed by atoms with Gasteiger partial charge < -0.3 is 110 Å². The fourth-order valence-electron chi connectivity index (χ4n) is 14.9. The van der Waals surface area contributed by atoms with Gasteiger partial charge in [0.2, 0.25) is 35.4 Å². The van der Waals surface area contributed by atoms with Gasteiger partial charge >= 0.3 is 35.8 Å². The van der Waals surface area contributed by atoms with Crippen LogP contribution in [-0.2, 0) is 83.1 Å². The number of aliphatic carboxylic acids is 4. The van der Waals surface area contributed by atoms with E-state index in [0.717, 1.165) is 89.9 Å². The maximum absolute atomic E-state index is 14.1. The van der Waals surface area contributed by atoms with E-state index in [4.69, 9.17) is 36.9 Å². The quantitative estimate of drug-likeness (QED) is 0.0253. The molecule has 0 saturated carbocycles. The predicted octanol–water partition coefficient (Wildman–Crippen LogP) is 6.98. The summed E-state index contributed by atoms with van der Waals surface area (Å²) in [5, 5.41) is 88.8. The molecule has 6 amide bonds. The number of aliphatic hydroxyl groups is 1. The van der Waals surface area contributed by atoms with Gasteiger partial charge in [-0.1, -0.05) is 89.9 Å². The average Bonchev–Trinajstić information content (AvgIpc) is 1.13. The molecule has 40 heteroatoms. The highest BCUT2D eigenvalue weighted by atomic mass is 16.5. The molecule has 0 fully saturated rings. The number of nitrogens with zero attached hydrogens (tertiary/aromatic N) is 1. The third-order valence-electron chi connectivity index (χ3n) is 23.4. The lowest BCUT2D eigenvalue weighted by atomic mass is 9.94. The van der Waals surface area contributed by atoms with Crippen molar-refractivity contribution in [3.8, 4) is 11.5 Å². The number of carbonyl (C=O) groups excluding carboxylic acids is 12. The number of nitrogens with one attached hydrogen (secondary N) is 9. The van der Waals surface area contributed by atoms with E-state index in [1.165, 1.54) is 50.6 Å². The standard InChI is InChI=1S/C96H149N13O27/c1-96(2,109-89(122)76(99)58-68-59-100-63-106-68)83(116)61-105-77(32-21-24-52-102-87(120)74(97)30-18-15-17-28-69(111)41-47-79(94(131)132)108-86(119)50-40-67(93(129)130)56-70(112)29-16-11-7-3-5-9-13-26-54-135-72-43-35-64(36-44-72)90(123)124)81(114)60-104-78(82(115)62-110)33-22-25-53-103-88(121)75(98)31-20-23-51-101-84(117)49-39-66(92(127)128)57-71(113)42-48-80(95(133)134)107-85(118)34-19-12-8-4-6-10-14-27-55-136-73-45-37-65(38-46-73)91(125)126/h35-38,43-46,59,63,66-67,74-80,104-105,110H,3-34,39-42,47-58,60-62,97-99H2,1-2H3,(H,100,106)(H,101,117)(H,102,120)(H,103,121)(H,107,118)(H,108,119)(H,109,122)(H,123,124)(H,125,126)(H,127,128)(H,129,130)(H,131,132)(H,133,134)/t66-,67-,74+,75+,76+,77+,78+,79+,80+/m1/s1. The number of aromatic nitrogens is 2. The van der Waals surface area contributed by atoms with Crippen LogP contribution in [0, 0.1) is 11.8 Å². The van der Waals surface area contributed by atoms with Crippen molar-refractivity contribution in [2.24, 2.45) is 29.0 Å². The van der Waals surface area contributed by atoms with Crippen LogP contribution >= 0.6 is 0 Å². The highest BCUT2D eigenvalue weighted by molar-refractivity contribution is 5.96. The molecule has 1 heterocycles. The van der Waals surface area contributed by atoms with Crippen LogP contribution in [0.2, 0.25) is 0 Å². The SMILES string of the molecule is CC(C)(NC(=O)[C@@H](N)Cc1cnc[nH]1)C(=O)CN[C@@H](CCCCNC(=O)[C@@H](N)CCCCCC(=O)CC[C@H](NC(=O)CC[C@H](CC(=O)CCCCCCCCCCOc1ccc(C(=O)O)cc1)C(=O)O)C(=O)O)C(=O)CN[C@@H](CCCCNC(=O)[C@@H](N)CCCCNC(=O)CC[C@H](CC(=O)CC[C@H](NC(=O)CCCCCCCCCCOc1ccc(C(=O)O)cc1)C(=O)O)C(=O)O)C(=O)CO. The van der Waals surface area contributed by atoms with Crippen molar-refractivity contribution in [2.45, 2.75) is 338 Å². The highest BCUT2D eigenvalue weighted by Gasteiger charge is 2.34. The van der Waals surface area contributed by atoms with Gasteiger partial charge in [-0.15, -0.1) is 0 Å². The molecule has 0 aliphatic rings. The summed E-state index contributed by atoms with van der Waals surface area (Å²) in [7, 11) is 0. The Morgan fingerprint density at radius 1 is 0.382 bits per heavy atom. The van der Waals surface area contributed by atoms with Crippen molar-refractivity contribution in [3.05, 3.63) is 77.9 Å². The van der Waals surface area contributed by atoms with Crippen LogP contribution in [0.15, 0.2) is 61.1 Å². The monoisotopic (exact) mass is 1920 g/mol. The van der Waals surface area contributed by atoms with Crippen LogP contribution in [0.3, 0.4) is 0 Å². The molecule has 136 heavy (non-hydrogen) atoms. The molecular formula is C96H149N13O27. The summed E-state index contributed by atoms with van der Waals surface area (Å²) in [6, 6.07) is 4.81. The number of ether oxygens (including phenoxy) is 2. The molecule has 0 unspecified atom stereocenters. The van der Waals surface area contributed by atoms with E-state index in [1.807, 2.05) is 0 Å². The molecule has 0 aliphatic heterocycles. The number of carboxylic acid groups (broad SMARTS) is 6. The van der Waals surface area contributed by atoms with Gasteiger partial charge in [0.15, 0.2) is 17.3 Å². The van der Waals surface area contributed by atoms with Crippen molar-refractivity contribution < 1.29 is 132 Å². The van der Waals surface area contributed by atoms with E-state index in [9.17, 15) is 112 Å². The van der Waals surface area contributed by atoms with Crippen molar-refractivity contribution in [1.82, 2.24) is 52.5 Å². The zero-order valence-corrected chi connectivity index (χ0v) is 79.0. The maximum Gasteiger partial charge on any atom is 0.335 e. The smallest absolute Gasteiger partial charge is 0.335 e. The first-order chi connectivity index (χ1) is 64.9. The van der Waals surface area contributed by atoms with Gasteiger partial charge in [0.25, 0.3) is 0 Å². The number of unbranched alkanes of at least 4 members (excludes halogenated alkanes) is 19. The molecule has 3 rings (SSSR count). The normalized spacial score (nSPS) is 13.3. The average molecular weight is 1920 g/mol. The number of aliphatic hydroxyl groups excluding tert-OH is 1. The van der Waals surface area contributed by atoms with E-state index in [2.05, 4.69) is 52.5 Å². The van der Waals surface area contributed by atoms with Crippen LogP contribution in [0.1, 0.15) is 310 Å². The molecule has 0 bridgehead atoms. The third-order valence-corrected chi connectivity index (χ3v) is 23.4. The number of amides is 6. The summed E-state index contributed by atoms with van der Waals surface area (Å²) in [5.74, 6) is -14.2. The Bertz CT molecular complexity index is 4190. The van der Waals surface area contributed by atoms with Crippen molar-refractivity contribution in [3.63, 3.8) is 0 Å². The Labute approximate surface area is 795 Å². The summed E-state index contributed by atoms with van der Waals surface area (Å²) < 4.78 is 11.3. The lowest BCUT2D eigenvalue weighted by Gasteiger charge is -2.28. The van der Waals surface area contributed by atoms with Gasteiger partial charge in [-0.05, 0) is 184 Å². The van der Waals surface area contributed by atoms with Gasteiger partial charge in [-0.3, -0.25) is 67.1 Å². The molecule has 0 spiro atoms. The van der Waals surface area contributed by atoms with Crippen LogP contribution in [0.5, 0.6) is 11.5 Å². The van der Waals surface area contributed by atoms with Crippen molar-refractivity contribution in [2.75, 3.05) is 52.5 Å². The third kappa shape index (κ3) is 54.4. The topological polar surface area (TPSA) is 670 Å². The first kappa shape index (κ1) is 119. The number of ketones is 6. The lowest BCUT2D eigenvalue weighted by Crippen LogP contribution is -2.58. The molecular weight excluding hydrogens is 1770 g/mol. The van der Waals surface area contributed by atoms with E-state index < -0.39 is 167 Å². The Morgan fingerprint density at radius 3 is 1.22 bits per heavy atom. The van der Waals surface area contributed by atoms with Gasteiger partial charge in [-0.2, -0.15) is 0 Å². The molecule has 1 aromatic heterocycles. The number of rotatable bonds is 85. The van der Waals surface area contributed by atoms with E-state index in [0.29, 0.717) is 101 Å². The number of nitrogens with two attached hydrogens (primary N) is 3. The molecule has 0 saturated heterocycles. The Hall–Kier alpha value is -11.3. The molecule has 40 nitrogen and oxygen atoms in total. The molecule has 0 radical (unpaired) electrons. The number of carboxylic acids is 6. The number of carbonyl (C=O) groups is 18. The fourth-order valence-corrected chi connectivity index (χ4v) is 14.9. The summed E-state index contributed by atoms with van der Waals surface area (Å²) in [5.41, 5.74) is 18.0. The van der Waals surface area contributed by atoms with Crippen LogP contribution in [0.25, 0.3) is 0 Å². The molecule has 760 valence electrons. The fraction of sp³-hybridized carbons (Fsp3) is 0.656. The van der Waals surface area contributed by atoms with Gasteiger partial charge in [0, 0.05) is 95.7 Å². The van der Waals surface area contributed by atoms with Gasteiger partial charge in [-0.25, -0.2) is 24.2 Å². The summed E-state index contributed by atoms with van der Waals surface area (Å²) in [4.78, 5) is 234. The Balaban J connectivity index is 1.34. The van der Waals surface area contributed by atoms with Crippen LogP contribution in [-0.4, -0.2) is 252 Å². The molecule has 2 aromatic carbocycles. The van der Waals surface area contributed by atoms with Gasteiger partial charge in [0.05, 0.1) is 91.3 Å². The number of benzene rings is 2. The molecule has 0 aliphatic carbocycles. The minimum atomic E-state index is -1.46. The summed E-state index contributed by atoms with van der Waals surface area (Å²) in [6.45, 7) is 2.86. The zero-order valence-electron chi connectivity index (χ0n) is 79.0. The highest BCUT2D eigenvalue weighted by Crippen LogP contribution is 2.22. The molecule has 9 atom stereocenters. The minimum Gasteiger partial charge on any atom is -0.494 e. The zero-order chi connectivity index (χ0) is 101. The van der Waals surface area contributed by atoms with Crippen LogP contribution in [0.4, 0.5) is 0 Å². The summed E-state index contributed by atoms with van der Waals surface area (Å²) in [6.07, 6.45) is 19.3. The second-order valence-corrected chi connectivity index (χ2v) is 35.3. The second kappa shape index (κ2) is 69.5. The predicted molar refractivity (Wildman–Crippen MR) is 501 cm³/mol. The number of aromatic amines is 1. The summed E-state index contributed by atoms with van der Waals surface area (Å²) >= 11 is 0. The first-order valence-electron chi connectivity index (χ1n) is 47.9. The first-order valence-corrected chi connectivity index (χ1v) is 47.9. The largest absolute Gasteiger partial charge is 0.494 e. The minimum absolute atomic E-state index is 0.0933. The Morgan fingerprint density at radius 2 is 0.772 bits per heavy atom. The number of hydrogen-bond acceptors (Lipinski definition) is 27. The van der Waals surface area contributed by atoms with E-state index >= 15 is 0 Å². The number of aromatic carboxylic acids is 2. The second-order valence-electron chi connectivity index (χ2n) is 35.3. The van der Waals surface area contributed by atoms with E-state index in [-0.39, 0.29) is 165 Å². The number of Topliss-reactive ketones (excluding diaryl/α,β-unsaturated/α-hetero) is 6. The van der Waals surface area contributed by atoms with Gasteiger partial charge in [0.1, 0.15) is 47.5 Å². The molecule has 3 aromatic rings. The van der Waals surface area contributed by atoms with Crippen molar-refractivity contribution >= 4 is 106 Å². The number of imidazole rings is 1. The Kier molecular flexibility index (Phi) is 60.7. The lowest BCUT2D eigenvalue weighted by molar-refractivity contribution is -0.145. The van der Waals surface area contributed by atoms with Crippen LogP contribution < -0.4 is 69.2 Å². The number of hydrogen-bond donors (Lipinski definition) is 19. The molecule has 22 N–H and O–H groups in total.